The number of hydrazine groups is 1. The molecule has 74 valence electrons. The van der Waals surface area contributed by atoms with Crippen LogP contribution >= 0.6 is 0 Å². The number of nitrogens with one attached hydrogen (secondary N) is 2. The number of hydrogen-bond acceptors (Lipinski definition) is 3. The van der Waals surface area contributed by atoms with Crippen LogP contribution in [0.25, 0.3) is 0 Å². The molecule has 0 bridgehead atoms. The lowest BCUT2D eigenvalue weighted by Crippen LogP contribution is -2.37. The summed E-state index contributed by atoms with van der Waals surface area (Å²) in [5, 5.41) is 5.19. The van der Waals surface area contributed by atoms with Crippen LogP contribution in [-0.2, 0) is 4.79 Å². The number of amides is 1. The summed E-state index contributed by atoms with van der Waals surface area (Å²) in [5.74, 6) is 0.248. The van der Waals surface area contributed by atoms with Gasteiger partial charge in [-0.1, -0.05) is 0 Å². The Labute approximate surface area is 78.6 Å². The van der Waals surface area contributed by atoms with Crippen LogP contribution in [0, 0.1) is 0 Å². The lowest BCUT2D eigenvalue weighted by molar-refractivity contribution is -0.129. The Morgan fingerprint density at radius 1 is 1.46 bits per heavy atom. The highest BCUT2D eigenvalue weighted by atomic mass is 16.2. The van der Waals surface area contributed by atoms with Gasteiger partial charge >= 0.3 is 0 Å². The molecule has 2 N–H and O–H groups in total. The maximum Gasteiger partial charge on any atom is 0.238 e. The summed E-state index contributed by atoms with van der Waals surface area (Å²) in [7, 11) is 0. The van der Waals surface area contributed by atoms with Gasteiger partial charge in [-0.15, -0.1) is 0 Å². The van der Waals surface area contributed by atoms with Gasteiger partial charge in [0.05, 0.1) is 0 Å². The molecule has 2 rings (SSSR count). The van der Waals surface area contributed by atoms with Crippen LogP contribution in [0.5, 0.6) is 0 Å². The van der Waals surface area contributed by atoms with Crippen molar-refractivity contribution in [2.75, 3.05) is 19.6 Å². The quantitative estimate of drug-likeness (QED) is 0.640. The van der Waals surface area contributed by atoms with Crippen LogP contribution in [0.3, 0.4) is 0 Å². The lowest BCUT2D eigenvalue weighted by Gasteiger charge is -2.18. The van der Waals surface area contributed by atoms with Crippen molar-refractivity contribution in [1.82, 2.24) is 15.8 Å². The molecule has 0 aromatic rings. The van der Waals surface area contributed by atoms with Gasteiger partial charge in [-0.25, -0.2) is 5.43 Å². The summed E-state index contributed by atoms with van der Waals surface area (Å²) in [6, 6.07) is 0.634. The molecule has 1 atom stereocenters. The smallest absolute Gasteiger partial charge is 0.238 e. The van der Waals surface area contributed by atoms with Crippen LogP contribution in [0.2, 0.25) is 0 Å². The largest absolute Gasteiger partial charge is 0.314 e. The predicted octanol–water partition coefficient (Wildman–Crippen LogP) is -0.135. The Morgan fingerprint density at radius 2 is 2.38 bits per heavy atom. The van der Waals surface area contributed by atoms with Crippen LogP contribution in [0.4, 0.5) is 0 Å². The van der Waals surface area contributed by atoms with E-state index in [0.717, 1.165) is 26.1 Å². The minimum absolute atomic E-state index is 0.248. The van der Waals surface area contributed by atoms with E-state index < -0.39 is 0 Å². The molecule has 2 saturated heterocycles. The molecule has 0 radical (unpaired) electrons. The third kappa shape index (κ3) is 2.19. The number of carbonyl (C=O) groups is 1. The van der Waals surface area contributed by atoms with E-state index in [4.69, 9.17) is 0 Å². The van der Waals surface area contributed by atoms with Gasteiger partial charge in [0.25, 0.3) is 0 Å². The summed E-state index contributed by atoms with van der Waals surface area (Å²) < 4.78 is 0. The molecule has 0 aromatic heterocycles. The minimum atomic E-state index is 0.248. The summed E-state index contributed by atoms with van der Waals surface area (Å²) >= 11 is 0. The molecule has 4 nitrogen and oxygen atoms in total. The van der Waals surface area contributed by atoms with E-state index in [9.17, 15) is 4.79 Å². The Morgan fingerprint density at radius 3 is 3.00 bits per heavy atom. The molecule has 0 aromatic carbocycles. The second kappa shape index (κ2) is 4.07. The van der Waals surface area contributed by atoms with Crippen molar-refractivity contribution in [3.63, 3.8) is 0 Å². The molecule has 4 heteroatoms. The van der Waals surface area contributed by atoms with Crippen molar-refractivity contribution >= 4 is 5.91 Å². The molecule has 2 aliphatic heterocycles. The fourth-order valence-corrected chi connectivity index (χ4v) is 2.01. The third-order valence-electron chi connectivity index (χ3n) is 2.81. The van der Waals surface area contributed by atoms with Crippen LogP contribution in [-0.4, -0.2) is 36.6 Å². The first-order chi connectivity index (χ1) is 6.36. The van der Waals surface area contributed by atoms with E-state index in [1.807, 2.05) is 0 Å². The van der Waals surface area contributed by atoms with Gasteiger partial charge in [-0.2, -0.15) is 0 Å². The molecule has 13 heavy (non-hydrogen) atoms. The van der Waals surface area contributed by atoms with Crippen LogP contribution in [0.1, 0.15) is 25.7 Å². The minimum Gasteiger partial charge on any atom is -0.314 e. The summed E-state index contributed by atoms with van der Waals surface area (Å²) in [5.41, 5.74) is 3.09. The average Bonchev–Trinajstić information content (AvgIpc) is 2.72. The Hall–Kier alpha value is -0.610. The van der Waals surface area contributed by atoms with Gasteiger partial charge in [0, 0.05) is 25.6 Å². The van der Waals surface area contributed by atoms with Gasteiger partial charge in [0.1, 0.15) is 0 Å². The summed E-state index contributed by atoms with van der Waals surface area (Å²) in [6.07, 6.45) is 4.30. The maximum atomic E-state index is 11.2. The van der Waals surface area contributed by atoms with E-state index in [2.05, 4.69) is 10.7 Å². The van der Waals surface area contributed by atoms with Crippen molar-refractivity contribution in [3.05, 3.63) is 0 Å². The number of rotatable bonds is 3. The highest BCUT2D eigenvalue weighted by Crippen LogP contribution is 2.10. The Balaban J connectivity index is 1.69. The second-order valence-electron chi connectivity index (χ2n) is 3.79. The molecular weight excluding hydrogens is 166 g/mol. The SMILES string of the molecule is O=C1CCNN1CCC1CCCN1. The molecule has 1 amide bonds. The van der Waals surface area contributed by atoms with E-state index in [-0.39, 0.29) is 5.91 Å². The van der Waals surface area contributed by atoms with Crippen molar-refractivity contribution in [2.24, 2.45) is 0 Å². The standard InChI is InChI=1S/C9H17N3O/c13-9-3-6-11-12(9)7-4-8-2-1-5-10-8/h8,10-11H,1-7H2. The highest BCUT2D eigenvalue weighted by molar-refractivity contribution is 5.77. The zero-order valence-electron chi connectivity index (χ0n) is 7.88. The Bertz CT molecular complexity index is 189. The molecule has 0 aliphatic carbocycles. The van der Waals surface area contributed by atoms with Crippen molar-refractivity contribution in [2.45, 2.75) is 31.7 Å². The van der Waals surface area contributed by atoms with Gasteiger partial charge in [0.15, 0.2) is 0 Å². The highest BCUT2D eigenvalue weighted by Gasteiger charge is 2.21. The third-order valence-corrected chi connectivity index (χ3v) is 2.81. The normalized spacial score (nSPS) is 28.8. The van der Waals surface area contributed by atoms with Gasteiger partial charge in [-0.3, -0.25) is 9.80 Å². The van der Waals surface area contributed by atoms with Crippen LogP contribution in [0.15, 0.2) is 0 Å². The fourth-order valence-electron chi connectivity index (χ4n) is 2.01. The molecule has 2 fully saturated rings. The maximum absolute atomic E-state index is 11.2. The number of hydrogen-bond donors (Lipinski definition) is 2. The first-order valence-corrected chi connectivity index (χ1v) is 5.13. The van der Waals surface area contributed by atoms with E-state index in [0.29, 0.717) is 12.5 Å². The first-order valence-electron chi connectivity index (χ1n) is 5.13. The van der Waals surface area contributed by atoms with Crippen molar-refractivity contribution in [1.29, 1.82) is 0 Å². The number of carbonyl (C=O) groups excluding carboxylic acids is 1. The van der Waals surface area contributed by atoms with Gasteiger partial charge < -0.3 is 5.32 Å². The van der Waals surface area contributed by atoms with Crippen molar-refractivity contribution < 1.29 is 4.79 Å². The monoisotopic (exact) mass is 183 g/mol. The molecule has 2 heterocycles. The summed E-state index contributed by atoms with van der Waals surface area (Å²) in [6.45, 7) is 2.82. The molecular formula is C9H17N3O. The molecule has 0 spiro atoms. The molecule has 2 aliphatic rings. The fraction of sp³-hybridized carbons (Fsp3) is 0.889. The predicted molar refractivity (Wildman–Crippen MR) is 50.0 cm³/mol. The van der Waals surface area contributed by atoms with E-state index >= 15 is 0 Å². The molecule has 0 saturated carbocycles. The molecule has 1 unspecified atom stereocenters. The lowest BCUT2D eigenvalue weighted by atomic mass is 10.1. The first kappa shape index (κ1) is 8.97. The van der Waals surface area contributed by atoms with E-state index in [1.54, 1.807) is 5.01 Å². The topological polar surface area (TPSA) is 44.4 Å². The second-order valence-corrected chi connectivity index (χ2v) is 3.79. The summed E-state index contributed by atoms with van der Waals surface area (Å²) in [4.78, 5) is 11.2. The van der Waals surface area contributed by atoms with Gasteiger partial charge in [0.2, 0.25) is 5.91 Å². The Kier molecular flexibility index (Phi) is 2.80. The van der Waals surface area contributed by atoms with Crippen LogP contribution < -0.4 is 10.7 Å². The van der Waals surface area contributed by atoms with E-state index in [1.165, 1.54) is 12.8 Å². The van der Waals surface area contributed by atoms with Gasteiger partial charge in [-0.05, 0) is 25.8 Å². The number of nitrogens with zero attached hydrogens (tertiary/aromatic N) is 1. The van der Waals surface area contributed by atoms with Crippen molar-refractivity contribution in [3.8, 4) is 0 Å². The average molecular weight is 183 g/mol. The zero-order valence-corrected chi connectivity index (χ0v) is 7.88. The zero-order chi connectivity index (χ0) is 9.10.